The lowest BCUT2D eigenvalue weighted by Gasteiger charge is -2.35. The molecule has 1 aliphatic heterocycles. The Morgan fingerprint density at radius 2 is 1.74 bits per heavy atom. The summed E-state index contributed by atoms with van der Waals surface area (Å²) in [5.41, 5.74) is 2.50. The lowest BCUT2D eigenvalue weighted by Crippen LogP contribution is -2.41. The fraction of sp³-hybridized carbons (Fsp3) is 0.409. The van der Waals surface area contributed by atoms with Crippen LogP contribution in [0.25, 0.3) is 0 Å². The number of halogens is 1. The summed E-state index contributed by atoms with van der Waals surface area (Å²) in [6.45, 7) is 4.84. The fourth-order valence-corrected chi connectivity index (χ4v) is 3.54. The third kappa shape index (κ3) is 5.98. The Balaban J connectivity index is 1.57. The van der Waals surface area contributed by atoms with Gasteiger partial charge in [0.25, 0.3) is 5.91 Å². The molecule has 4 nitrogen and oxygen atoms in total. The van der Waals surface area contributed by atoms with Gasteiger partial charge in [0.1, 0.15) is 5.75 Å². The molecule has 0 aromatic heterocycles. The number of hydrogen-bond donors (Lipinski definition) is 1. The summed E-state index contributed by atoms with van der Waals surface area (Å²) in [6, 6.07) is 15.8. The van der Waals surface area contributed by atoms with E-state index in [4.69, 9.17) is 16.3 Å². The Morgan fingerprint density at radius 1 is 1.07 bits per heavy atom. The molecule has 1 atom stereocenters. The van der Waals surface area contributed by atoms with Crippen molar-refractivity contribution < 1.29 is 9.53 Å². The van der Waals surface area contributed by atoms with Crippen LogP contribution in [0.4, 0.5) is 0 Å². The first kappa shape index (κ1) is 19.7. The van der Waals surface area contributed by atoms with Crippen molar-refractivity contribution in [2.24, 2.45) is 0 Å². The van der Waals surface area contributed by atoms with Gasteiger partial charge in [-0.05, 0) is 62.7 Å². The van der Waals surface area contributed by atoms with Crippen LogP contribution in [0.5, 0.6) is 5.75 Å². The van der Waals surface area contributed by atoms with Gasteiger partial charge in [-0.1, -0.05) is 47.9 Å². The number of ether oxygens (including phenoxy) is 1. The zero-order chi connectivity index (χ0) is 19.1. The molecule has 0 spiro atoms. The molecule has 1 heterocycles. The van der Waals surface area contributed by atoms with Crippen molar-refractivity contribution in [1.29, 1.82) is 0 Å². The molecule has 1 fully saturated rings. The highest BCUT2D eigenvalue weighted by molar-refractivity contribution is 6.30. The molecule has 1 amide bonds. The second kappa shape index (κ2) is 9.77. The summed E-state index contributed by atoms with van der Waals surface area (Å²) in [5, 5.41) is 3.69. The molecule has 1 unspecified atom stereocenters. The molecule has 1 N–H and O–H groups in total. The molecule has 2 aromatic rings. The minimum atomic E-state index is -0.112. The zero-order valence-corrected chi connectivity index (χ0v) is 16.5. The van der Waals surface area contributed by atoms with Crippen LogP contribution in [-0.4, -0.2) is 37.0 Å². The number of hydrogen-bond acceptors (Lipinski definition) is 3. The average molecular weight is 387 g/mol. The van der Waals surface area contributed by atoms with Crippen molar-refractivity contribution >= 4 is 17.5 Å². The number of carbonyl (C=O) groups excluding carboxylic acids is 1. The molecule has 0 saturated carbocycles. The maximum absolute atomic E-state index is 12.3. The Labute approximate surface area is 166 Å². The monoisotopic (exact) mass is 386 g/mol. The highest BCUT2D eigenvalue weighted by Gasteiger charge is 2.22. The van der Waals surface area contributed by atoms with Crippen LogP contribution in [-0.2, 0) is 4.79 Å². The molecule has 27 heavy (non-hydrogen) atoms. The van der Waals surface area contributed by atoms with E-state index in [2.05, 4.69) is 41.4 Å². The van der Waals surface area contributed by atoms with Gasteiger partial charge in [-0.15, -0.1) is 0 Å². The fourth-order valence-electron chi connectivity index (χ4n) is 3.42. The Bertz CT molecular complexity index is 725. The van der Waals surface area contributed by atoms with Crippen molar-refractivity contribution in [3.63, 3.8) is 0 Å². The van der Waals surface area contributed by atoms with Crippen LogP contribution in [0.2, 0.25) is 5.02 Å². The van der Waals surface area contributed by atoms with Gasteiger partial charge >= 0.3 is 0 Å². The van der Waals surface area contributed by atoms with Gasteiger partial charge in [0.05, 0.1) is 6.04 Å². The smallest absolute Gasteiger partial charge is 0.258 e. The first-order valence-corrected chi connectivity index (χ1v) is 9.95. The summed E-state index contributed by atoms with van der Waals surface area (Å²) < 4.78 is 5.54. The van der Waals surface area contributed by atoms with Crippen LogP contribution in [0.15, 0.2) is 48.5 Å². The van der Waals surface area contributed by atoms with Crippen molar-refractivity contribution in [2.75, 3.05) is 26.2 Å². The Kier molecular flexibility index (Phi) is 7.13. The van der Waals surface area contributed by atoms with Gasteiger partial charge in [-0.2, -0.15) is 0 Å². The van der Waals surface area contributed by atoms with E-state index in [1.54, 1.807) is 24.3 Å². The third-order valence-electron chi connectivity index (χ3n) is 4.97. The van der Waals surface area contributed by atoms with Gasteiger partial charge in [0.15, 0.2) is 6.61 Å². The minimum Gasteiger partial charge on any atom is -0.484 e. The number of likely N-dealkylation sites (tertiary alicyclic amines) is 1. The number of amides is 1. The number of nitrogens with one attached hydrogen (secondary N) is 1. The first-order chi connectivity index (χ1) is 13.1. The van der Waals surface area contributed by atoms with Crippen LogP contribution >= 0.6 is 11.6 Å². The van der Waals surface area contributed by atoms with Gasteiger partial charge in [0, 0.05) is 11.6 Å². The molecule has 5 heteroatoms. The second-order valence-electron chi connectivity index (χ2n) is 7.07. The molecule has 3 rings (SSSR count). The number of benzene rings is 2. The van der Waals surface area contributed by atoms with Crippen molar-refractivity contribution in [2.45, 2.75) is 32.2 Å². The van der Waals surface area contributed by atoms with Gasteiger partial charge in [0.2, 0.25) is 0 Å². The summed E-state index contributed by atoms with van der Waals surface area (Å²) in [5.74, 6) is 0.528. The van der Waals surface area contributed by atoms with E-state index < -0.39 is 0 Å². The predicted octanol–water partition coefficient (Wildman–Crippen LogP) is 4.37. The second-order valence-corrected chi connectivity index (χ2v) is 7.51. The molecule has 144 valence electrons. The van der Waals surface area contributed by atoms with Crippen LogP contribution in [0.3, 0.4) is 0 Å². The van der Waals surface area contributed by atoms with Crippen molar-refractivity contribution in [1.82, 2.24) is 10.2 Å². The summed E-state index contributed by atoms with van der Waals surface area (Å²) >= 11 is 5.86. The van der Waals surface area contributed by atoms with E-state index in [1.165, 1.54) is 30.4 Å². The summed E-state index contributed by atoms with van der Waals surface area (Å²) in [7, 11) is 0. The van der Waals surface area contributed by atoms with E-state index in [1.807, 2.05) is 0 Å². The quantitative estimate of drug-likeness (QED) is 0.768. The summed E-state index contributed by atoms with van der Waals surface area (Å²) in [6.07, 6.45) is 3.73. The Hall–Kier alpha value is -2.04. The number of aryl methyl sites for hydroxylation is 1. The van der Waals surface area contributed by atoms with E-state index in [-0.39, 0.29) is 18.6 Å². The minimum absolute atomic E-state index is 0.00223. The first-order valence-electron chi connectivity index (χ1n) is 9.57. The average Bonchev–Trinajstić information content (AvgIpc) is 2.70. The molecule has 0 radical (unpaired) electrons. The molecule has 2 aromatic carbocycles. The van der Waals surface area contributed by atoms with E-state index in [0.717, 1.165) is 13.1 Å². The maximum Gasteiger partial charge on any atom is 0.258 e. The molecule has 0 aliphatic carbocycles. The number of nitrogens with zero attached hydrogens (tertiary/aromatic N) is 1. The van der Waals surface area contributed by atoms with Crippen molar-refractivity contribution in [3.8, 4) is 5.75 Å². The van der Waals surface area contributed by atoms with E-state index in [0.29, 0.717) is 17.3 Å². The van der Waals surface area contributed by atoms with Crippen LogP contribution < -0.4 is 10.1 Å². The SMILES string of the molecule is Cc1ccc(C(CNC(=O)COc2ccc(Cl)cc2)N2CCCCC2)cc1. The van der Waals surface area contributed by atoms with Gasteiger partial charge in [-0.25, -0.2) is 0 Å². The third-order valence-corrected chi connectivity index (χ3v) is 5.22. The largest absolute Gasteiger partial charge is 0.484 e. The van der Waals surface area contributed by atoms with Crippen LogP contribution in [0, 0.1) is 6.92 Å². The highest BCUT2D eigenvalue weighted by Crippen LogP contribution is 2.24. The molecule has 1 aliphatic rings. The zero-order valence-electron chi connectivity index (χ0n) is 15.8. The highest BCUT2D eigenvalue weighted by atomic mass is 35.5. The molecular formula is C22H27ClN2O2. The molecule has 0 bridgehead atoms. The lowest BCUT2D eigenvalue weighted by molar-refractivity contribution is -0.123. The van der Waals surface area contributed by atoms with Crippen LogP contribution in [0.1, 0.15) is 36.4 Å². The molecular weight excluding hydrogens is 360 g/mol. The predicted molar refractivity (Wildman–Crippen MR) is 109 cm³/mol. The van der Waals surface area contributed by atoms with E-state index in [9.17, 15) is 4.79 Å². The van der Waals surface area contributed by atoms with Gasteiger partial charge in [-0.3, -0.25) is 9.69 Å². The van der Waals surface area contributed by atoms with E-state index >= 15 is 0 Å². The number of carbonyl (C=O) groups is 1. The van der Waals surface area contributed by atoms with Gasteiger partial charge < -0.3 is 10.1 Å². The van der Waals surface area contributed by atoms with Crippen molar-refractivity contribution in [3.05, 3.63) is 64.7 Å². The normalized spacial score (nSPS) is 15.9. The molecule has 1 saturated heterocycles. The number of rotatable bonds is 7. The maximum atomic E-state index is 12.3. The topological polar surface area (TPSA) is 41.6 Å². The Morgan fingerprint density at radius 3 is 2.41 bits per heavy atom. The lowest BCUT2D eigenvalue weighted by atomic mass is 10.0. The number of piperidine rings is 1. The standard InChI is InChI=1S/C22H27ClN2O2/c1-17-5-7-18(8-6-17)21(25-13-3-2-4-14-25)15-24-22(26)16-27-20-11-9-19(23)10-12-20/h5-12,21H,2-4,13-16H2,1H3,(H,24,26). The summed E-state index contributed by atoms with van der Waals surface area (Å²) in [4.78, 5) is 14.8.